The molecule has 2 heterocycles. The van der Waals surface area contributed by atoms with Crippen LogP contribution in [0.15, 0.2) is 35.7 Å². The molecule has 0 unspecified atom stereocenters. The second kappa shape index (κ2) is 7.27. The number of aryl methyl sites for hydroxylation is 1. The van der Waals surface area contributed by atoms with Gasteiger partial charge in [0.2, 0.25) is 11.8 Å². The van der Waals surface area contributed by atoms with Crippen molar-refractivity contribution in [2.24, 2.45) is 0 Å². The molecule has 24 heavy (non-hydrogen) atoms. The number of hydrogen-bond acceptors (Lipinski definition) is 5. The van der Waals surface area contributed by atoms with E-state index in [1.807, 2.05) is 41.5 Å². The zero-order valence-corrected chi connectivity index (χ0v) is 14.1. The van der Waals surface area contributed by atoms with Crippen LogP contribution in [0.5, 0.6) is 0 Å². The molecule has 1 fully saturated rings. The third-order valence-corrected chi connectivity index (χ3v) is 4.37. The van der Waals surface area contributed by atoms with Gasteiger partial charge in [-0.15, -0.1) is 11.3 Å². The van der Waals surface area contributed by atoms with Gasteiger partial charge in [0, 0.05) is 35.9 Å². The number of rotatable bonds is 4. The van der Waals surface area contributed by atoms with E-state index in [2.05, 4.69) is 15.6 Å². The fraction of sp³-hybridized carbons (Fsp3) is 0.235. The highest BCUT2D eigenvalue weighted by molar-refractivity contribution is 7.09. The minimum Gasteiger partial charge on any atom is -0.360 e. The van der Waals surface area contributed by atoms with Crippen molar-refractivity contribution in [1.29, 1.82) is 0 Å². The monoisotopic (exact) mass is 342 g/mol. The van der Waals surface area contributed by atoms with E-state index in [0.717, 1.165) is 22.9 Å². The average Bonchev–Trinajstić information content (AvgIpc) is 2.99. The predicted octanol–water partition coefficient (Wildman–Crippen LogP) is 2.04. The largest absolute Gasteiger partial charge is 0.360 e. The molecule has 2 aromatic rings. The lowest BCUT2D eigenvalue weighted by atomic mass is 10.2. The molecule has 1 aromatic heterocycles. The normalized spacial score (nSPS) is 14.7. The molecule has 0 aliphatic carbocycles. The maximum absolute atomic E-state index is 11.9. The van der Waals surface area contributed by atoms with Crippen molar-refractivity contribution in [2.45, 2.75) is 6.92 Å². The number of carbonyl (C=O) groups excluding carboxylic acids is 2. The number of hydrogen-bond donors (Lipinski definition) is 2. The third-order valence-electron chi connectivity index (χ3n) is 3.58. The third kappa shape index (κ3) is 4.20. The van der Waals surface area contributed by atoms with Gasteiger partial charge in [-0.25, -0.2) is 4.98 Å². The van der Waals surface area contributed by atoms with E-state index in [0.29, 0.717) is 18.8 Å². The summed E-state index contributed by atoms with van der Waals surface area (Å²) in [5, 5.41) is 8.48. The first kappa shape index (κ1) is 16.2. The second-order valence-electron chi connectivity index (χ2n) is 5.43. The summed E-state index contributed by atoms with van der Waals surface area (Å²) in [7, 11) is 0. The lowest BCUT2D eigenvalue weighted by Gasteiger charge is -2.28. The molecule has 0 saturated carbocycles. The number of nitrogens with one attached hydrogen (secondary N) is 2. The lowest BCUT2D eigenvalue weighted by Crippen LogP contribution is -2.47. The Bertz CT molecular complexity index is 767. The fourth-order valence-corrected chi connectivity index (χ4v) is 3.00. The molecule has 2 amide bonds. The van der Waals surface area contributed by atoms with E-state index < -0.39 is 0 Å². The fourth-order valence-electron chi connectivity index (χ4n) is 2.42. The number of benzene rings is 1. The number of piperazine rings is 1. The lowest BCUT2D eigenvalue weighted by molar-refractivity contribution is -0.120. The van der Waals surface area contributed by atoms with Crippen molar-refractivity contribution in [3.8, 4) is 0 Å². The maximum Gasteiger partial charge on any atom is 0.248 e. The average molecular weight is 342 g/mol. The van der Waals surface area contributed by atoms with E-state index in [1.165, 1.54) is 6.08 Å². The highest BCUT2D eigenvalue weighted by Crippen LogP contribution is 2.18. The van der Waals surface area contributed by atoms with Gasteiger partial charge in [-0.2, -0.15) is 0 Å². The van der Waals surface area contributed by atoms with Crippen LogP contribution in [0.2, 0.25) is 0 Å². The van der Waals surface area contributed by atoms with Gasteiger partial charge in [0.15, 0.2) is 0 Å². The molecule has 2 N–H and O–H groups in total. The molecule has 3 rings (SSSR count). The molecular weight excluding hydrogens is 324 g/mol. The number of carbonyl (C=O) groups is 2. The summed E-state index contributed by atoms with van der Waals surface area (Å²) in [6.45, 7) is 3.72. The van der Waals surface area contributed by atoms with E-state index in [4.69, 9.17) is 0 Å². The van der Waals surface area contributed by atoms with Gasteiger partial charge < -0.3 is 15.5 Å². The Morgan fingerprint density at radius 2 is 2.17 bits per heavy atom. The number of nitrogens with zero attached hydrogens (tertiary/aromatic N) is 2. The highest BCUT2D eigenvalue weighted by atomic mass is 32.1. The zero-order chi connectivity index (χ0) is 16.9. The molecule has 1 saturated heterocycles. The number of aromatic nitrogens is 1. The summed E-state index contributed by atoms with van der Waals surface area (Å²) in [4.78, 5) is 29.6. The van der Waals surface area contributed by atoms with E-state index in [9.17, 15) is 9.59 Å². The number of anilines is 2. The smallest absolute Gasteiger partial charge is 0.248 e. The van der Waals surface area contributed by atoms with Crippen molar-refractivity contribution < 1.29 is 9.59 Å². The van der Waals surface area contributed by atoms with Gasteiger partial charge in [0.05, 0.1) is 17.2 Å². The number of amides is 2. The summed E-state index contributed by atoms with van der Waals surface area (Å²) in [6, 6.07) is 7.48. The quantitative estimate of drug-likeness (QED) is 0.834. The van der Waals surface area contributed by atoms with Crippen molar-refractivity contribution in [1.82, 2.24) is 10.3 Å². The topological polar surface area (TPSA) is 74.3 Å². The van der Waals surface area contributed by atoms with Crippen molar-refractivity contribution in [2.75, 3.05) is 29.9 Å². The van der Waals surface area contributed by atoms with Crippen LogP contribution in [-0.4, -0.2) is 36.4 Å². The molecular formula is C17H18N4O2S. The summed E-state index contributed by atoms with van der Waals surface area (Å²) in [6.07, 6.45) is 3.16. The summed E-state index contributed by atoms with van der Waals surface area (Å²) in [5.41, 5.74) is 2.46. The molecule has 0 radical (unpaired) electrons. The molecule has 1 aliphatic heterocycles. The van der Waals surface area contributed by atoms with Crippen molar-refractivity contribution >= 4 is 40.6 Å². The molecule has 0 bridgehead atoms. The Hall–Kier alpha value is -2.67. The SMILES string of the molecule is Cc1nc(/C=C/C(=O)Nc2ccc(N3CCNC(=O)C3)cc2)cs1. The van der Waals surface area contributed by atoms with Crippen LogP contribution in [0.25, 0.3) is 6.08 Å². The van der Waals surface area contributed by atoms with Gasteiger partial charge >= 0.3 is 0 Å². The molecule has 1 aliphatic rings. The van der Waals surface area contributed by atoms with Gasteiger partial charge in [0.25, 0.3) is 0 Å². The van der Waals surface area contributed by atoms with Crippen LogP contribution in [0.1, 0.15) is 10.7 Å². The Morgan fingerprint density at radius 3 is 2.83 bits per heavy atom. The van der Waals surface area contributed by atoms with Crippen LogP contribution in [0, 0.1) is 6.92 Å². The Balaban J connectivity index is 1.58. The van der Waals surface area contributed by atoms with Gasteiger partial charge in [-0.3, -0.25) is 9.59 Å². The highest BCUT2D eigenvalue weighted by Gasteiger charge is 2.16. The Labute approximate surface area is 144 Å². The Kier molecular flexibility index (Phi) is 4.90. The molecule has 1 aromatic carbocycles. The van der Waals surface area contributed by atoms with Crippen LogP contribution in [0.4, 0.5) is 11.4 Å². The standard InChI is InChI=1S/C17H18N4O2S/c1-12-19-14(11-24-12)4-7-16(22)20-13-2-5-15(6-3-13)21-9-8-18-17(23)10-21/h2-7,11H,8-10H2,1H3,(H,18,23)(H,20,22)/b7-4+. The second-order valence-corrected chi connectivity index (χ2v) is 6.49. The van der Waals surface area contributed by atoms with Gasteiger partial charge in [-0.1, -0.05) is 0 Å². The predicted molar refractivity (Wildman–Crippen MR) is 96.2 cm³/mol. The Morgan fingerprint density at radius 1 is 1.38 bits per heavy atom. The molecule has 6 nitrogen and oxygen atoms in total. The minimum atomic E-state index is -0.203. The summed E-state index contributed by atoms with van der Waals surface area (Å²) in [5.74, 6) is -0.174. The molecule has 7 heteroatoms. The van der Waals surface area contributed by atoms with E-state index in [1.54, 1.807) is 17.4 Å². The van der Waals surface area contributed by atoms with Crippen molar-refractivity contribution in [3.05, 3.63) is 46.4 Å². The van der Waals surface area contributed by atoms with Crippen LogP contribution in [-0.2, 0) is 9.59 Å². The van der Waals surface area contributed by atoms with Crippen LogP contribution >= 0.6 is 11.3 Å². The summed E-state index contributed by atoms with van der Waals surface area (Å²) >= 11 is 1.55. The summed E-state index contributed by atoms with van der Waals surface area (Å²) < 4.78 is 0. The molecule has 0 spiro atoms. The van der Waals surface area contributed by atoms with Crippen LogP contribution < -0.4 is 15.5 Å². The molecule has 0 atom stereocenters. The minimum absolute atomic E-state index is 0.0287. The van der Waals surface area contributed by atoms with Crippen LogP contribution in [0.3, 0.4) is 0 Å². The van der Waals surface area contributed by atoms with Gasteiger partial charge in [-0.05, 0) is 37.3 Å². The first-order valence-corrected chi connectivity index (χ1v) is 8.51. The number of thiazole rings is 1. The maximum atomic E-state index is 11.9. The molecule has 124 valence electrons. The van der Waals surface area contributed by atoms with Gasteiger partial charge in [0.1, 0.15) is 0 Å². The van der Waals surface area contributed by atoms with Crippen molar-refractivity contribution in [3.63, 3.8) is 0 Å². The van der Waals surface area contributed by atoms with E-state index in [-0.39, 0.29) is 11.8 Å². The first-order chi connectivity index (χ1) is 11.6. The van der Waals surface area contributed by atoms with E-state index >= 15 is 0 Å². The zero-order valence-electron chi connectivity index (χ0n) is 13.3. The first-order valence-electron chi connectivity index (χ1n) is 7.63.